The molecule has 5 heteroatoms. The topological polar surface area (TPSA) is 46.2 Å². The molecule has 90 valence electrons. The molecule has 0 aliphatic rings. The lowest BCUT2D eigenvalue weighted by Gasteiger charge is -2.10. The van der Waals surface area contributed by atoms with Crippen molar-refractivity contribution in [2.24, 2.45) is 0 Å². The molecule has 0 aliphatic carbocycles. The quantitative estimate of drug-likeness (QED) is 0.857. The molecule has 1 aromatic rings. The van der Waals surface area contributed by atoms with Gasteiger partial charge in [-0.15, -0.1) is 0 Å². The molecule has 0 aliphatic heterocycles. The second-order valence-electron chi connectivity index (χ2n) is 3.73. The average Bonchev–Trinajstić information content (AvgIpc) is 2.26. The Kier molecular flexibility index (Phi) is 4.44. The summed E-state index contributed by atoms with van der Waals surface area (Å²) in [6.45, 7) is 1.89. The number of sulfone groups is 1. The molecule has 0 amide bonds. The molecule has 0 bridgehead atoms. The summed E-state index contributed by atoms with van der Waals surface area (Å²) in [6, 6.07) is 5.56. The van der Waals surface area contributed by atoms with Gasteiger partial charge in [0.05, 0.1) is 5.75 Å². The van der Waals surface area contributed by atoms with E-state index in [4.69, 9.17) is 0 Å². The highest BCUT2D eigenvalue weighted by Gasteiger charge is 2.19. The Balaban J connectivity index is 2.83. The Morgan fingerprint density at radius 2 is 2.00 bits per heavy atom. The first-order valence-corrected chi connectivity index (χ1v) is 6.77. The van der Waals surface area contributed by atoms with Gasteiger partial charge in [0.15, 0.2) is 9.84 Å². The maximum atomic E-state index is 13.3. The van der Waals surface area contributed by atoms with E-state index in [1.165, 1.54) is 18.2 Å². The van der Waals surface area contributed by atoms with Crippen molar-refractivity contribution in [1.29, 1.82) is 0 Å². The summed E-state index contributed by atoms with van der Waals surface area (Å²) in [7, 11) is -1.75. The van der Waals surface area contributed by atoms with Crippen molar-refractivity contribution in [2.75, 3.05) is 12.8 Å². The van der Waals surface area contributed by atoms with Crippen LogP contribution in [0.4, 0.5) is 4.39 Å². The van der Waals surface area contributed by atoms with Gasteiger partial charge in [-0.1, -0.05) is 12.1 Å². The summed E-state index contributed by atoms with van der Waals surface area (Å²) in [6.07, 6.45) is 0.465. The van der Waals surface area contributed by atoms with Crippen LogP contribution in [0.15, 0.2) is 29.2 Å². The van der Waals surface area contributed by atoms with E-state index in [1.807, 2.05) is 6.92 Å². The number of rotatable bonds is 5. The number of hydrogen-bond acceptors (Lipinski definition) is 3. The third-order valence-corrected chi connectivity index (χ3v) is 4.26. The summed E-state index contributed by atoms with van der Waals surface area (Å²) in [5, 5.41) is 2.95. The highest BCUT2D eigenvalue weighted by atomic mass is 32.2. The van der Waals surface area contributed by atoms with E-state index in [-0.39, 0.29) is 16.7 Å². The van der Waals surface area contributed by atoms with Crippen LogP contribution in [0.3, 0.4) is 0 Å². The minimum Gasteiger partial charge on any atom is -0.317 e. The molecule has 0 saturated carbocycles. The Morgan fingerprint density at radius 3 is 2.56 bits per heavy atom. The minimum absolute atomic E-state index is 0.0457. The summed E-state index contributed by atoms with van der Waals surface area (Å²) < 4.78 is 36.9. The number of hydrogen-bond donors (Lipinski definition) is 1. The second kappa shape index (κ2) is 5.41. The molecule has 1 unspecified atom stereocenters. The van der Waals surface area contributed by atoms with Crippen molar-refractivity contribution >= 4 is 9.84 Å². The number of nitrogens with one attached hydrogen (secondary N) is 1. The molecule has 1 rings (SSSR count). The molecule has 0 heterocycles. The summed E-state index contributed by atoms with van der Waals surface area (Å²) in [5.41, 5.74) is 0. The summed E-state index contributed by atoms with van der Waals surface area (Å²) >= 11 is 0. The first kappa shape index (κ1) is 13.1. The molecule has 0 radical (unpaired) electrons. The van der Waals surface area contributed by atoms with E-state index in [0.29, 0.717) is 6.42 Å². The van der Waals surface area contributed by atoms with E-state index in [0.717, 1.165) is 6.07 Å². The smallest absolute Gasteiger partial charge is 0.181 e. The van der Waals surface area contributed by atoms with Crippen molar-refractivity contribution in [1.82, 2.24) is 5.32 Å². The molecule has 0 saturated heterocycles. The van der Waals surface area contributed by atoms with Gasteiger partial charge in [-0.05, 0) is 32.5 Å². The summed E-state index contributed by atoms with van der Waals surface area (Å²) in [4.78, 5) is -0.210. The van der Waals surface area contributed by atoms with Crippen LogP contribution < -0.4 is 5.32 Å². The molecule has 16 heavy (non-hydrogen) atoms. The van der Waals surface area contributed by atoms with Gasteiger partial charge in [0, 0.05) is 6.04 Å². The maximum absolute atomic E-state index is 13.3. The first-order valence-electron chi connectivity index (χ1n) is 5.12. The second-order valence-corrected chi connectivity index (χ2v) is 5.81. The SMILES string of the molecule is CNC(C)CCS(=O)(=O)c1ccccc1F. The minimum atomic E-state index is -3.51. The first-order chi connectivity index (χ1) is 7.47. The van der Waals surface area contributed by atoms with Gasteiger partial charge in [-0.25, -0.2) is 12.8 Å². The molecule has 1 aromatic carbocycles. The average molecular weight is 245 g/mol. The van der Waals surface area contributed by atoms with Gasteiger partial charge in [-0.2, -0.15) is 0 Å². The van der Waals surface area contributed by atoms with Crippen molar-refractivity contribution in [3.05, 3.63) is 30.1 Å². The lowest BCUT2D eigenvalue weighted by Crippen LogP contribution is -2.24. The molecule has 0 spiro atoms. The van der Waals surface area contributed by atoms with Crippen LogP contribution in [0.5, 0.6) is 0 Å². The zero-order valence-electron chi connectivity index (χ0n) is 9.40. The van der Waals surface area contributed by atoms with Crippen LogP contribution in [0.2, 0.25) is 0 Å². The fourth-order valence-corrected chi connectivity index (χ4v) is 2.82. The van der Waals surface area contributed by atoms with E-state index in [2.05, 4.69) is 5.32 Å². The van der Waals surface area contributed by atoms with Crippen molar-refractivity contribution in [2.45, 2.75) is 24.3 Å². The van der Waals surface area contributed by atoms with Crippen LogP contribution in [0.1, 0.15) is 13.3 Å². The van der Waals surface area contributed by atoms with Gasteiger partial charge in [0.25, 0.3) is 0 Å². The van der Waals surface area contributed by atoms with Crippen LogP contribution >= 0.6 is 0 Å². The van der Waals surface area contributed by atoms with E-state index in [1.54, 1.807) is 7.05 Å². The number of benzene rings is 1. The Morgan fingerprint density at radius 1 is 1.38 bits per heavy atom. The Hall–Kier alpha value is -0.940. The van der Waals surface area contributed by atoms with Crippen LogP contribution in [-0.2, 0) is 9.84 Å². The third-order valence-electron chi connectivity index (χ3n) is 2.48. The monoisotopic (exact) mass is 245 g/mol. The van der Waals surface area contributed by atoms with Crippen molar-refractivity contribution in [3.63, 3.8) is 0 Å². The van der Waals surface area contributed by atoms with Crippen molar-refractivity contribution < 1.29 is 12.8 Å². The Bertz CT molecular complexity index is 445. The molecular weight excluding hydrogens is 229 g/mol. The zero-order chi connectivity index (χ0) is 12.2. The Labute approximate surface area is 95.6 Å². The fraction of sp³-hybridized carbons (Fsp3) is 0.455. The molecule has 1 atom stereocenters. The molecule has 0 aromatic heterocycles. The molecule has 1 N–H and O–H groups in total. The molecule has 3 nitrogen and oxygen atoms in total. The largest absolute Gasteiger partial charge is 0.317 e. The number of halogens is 1. The highest BCUT2D eigenvalue weighted by molar-refractivity contribution is 7.91. The van der Waals surface area contributed by atoms with Gasteiger partial charge in [0.1, 0.15) is 10.7 Å². The van der Waals surface area contributed by atoms with E-state index >= 15 is 0 Å². The predicted molar refractivity (Wildman–Crippen MR) is 61.6 cm³/mol. The standard InChI is InChI=1S/C11H16FNO2S/c1-9(13-2)7-8-16(14,15)11-6-4-3-5-10(11)12/h3-6,9,13H,7-8H2,1-2H3. The van der Waals surface area contributed by atoms with Gasteiger partial charge < -0.3 is 5.32 Å². The fourth-order valence-electron chi connectivity index (χ4n) is 1.28. The molecule has 0 fully saturated rings. The maximum Gasteiger partial charge on any atom is 0.181 e. The van der Waals surface area contributed by atoms with Gasteiger partial charge in [0.2, 0.25) is 0 Å². The summed E-state index contributed by atoms with van der Waals surface area (Å²) in [5.74, 6) is -0.727. The van der Waals surface area contributed by atoms with Crippen LogP contribution in [-0.4, -0.2) is 27.3 Å². The van der Waals surface area contributed by atoms with E-state index in [9.17, 15) is 12.8 Å². The zero-order valence-corrected chi connectivity index (χ0v) is 10.2. The highest BCUT2D eigenvalue weighted by Crippen LogP contribution is 2.16. The normalized spacial score (nSPS) is 13.7. The third kappa shape index (κ3) is 3.28. The van der Waals surface area contributed by atoms with Crippen LogP contribution in [0.25, 0.3) is 0 Å². The van der Waals surface area contributed by atoms with Gasteiger partial charge in [-0.3, -0.25) is 0 Å². The lowest BCUT2D eigenvalue weighted by molar-refractivity contribution is 0.551. The van der Waals surface area contributed by atoms with Crippen molar-refractivity contribution in [3.8, 4) is 0 Å². The predicted octanol–water partition coefficient (Wildman–Crippen LogP) is 1.60. The van der Waals surface area contributed by atoms with E-state index < -0.39 is 15.7 Å². The lowest BCUT2D eigenvalue weighted by atomic mass is 10.3. The van der Waals surface area contributed by atoms with Gasteiger partial charge >= 0.3 is 0 Å². The van der Waals surface area contributed by atoms with Crippen LogP contribution in [0, 0.1) is 5.82 Å². The molecular formula is C11H16FNO2S.